The van der Waals surface area contributed by atoms with E-state index in [4.69, 9.17) is 10.5 Å². The summed E-state index contributed by atoms with van der Waals surface area (Å²) in [6.07, 6.45) is -0.710. The molecule has 0 aliphatic heterocycles. The van der Waals surface area contributed by atoms with Crippen molar-refractivity contribution in [2.75, 3.05) is 11.1 Å². The van der Waals surface area contributed by atoms with E-state index < -0.39 is 35.0 Å². The number of hydrogen-bond acceptors (Lipinski definition) is 3. The maximum Gasteiger partial charge on any atom is 0.412 e. The third-order valence-electron chi connectivity index (χ3n) is 2.51. The van der Waals surface area contributed by atoms with Gasteiger partial charge in [0.05, 0.1) is 0 Å². The molecule has 3 N–H and O–H groups in total. The van der Waals surface area contributed by atoms with E-state index >= 15 is 0 Å². The zero-order valence-electron chi connectivity index (χ0n) is 13.9. The molecular weight excluding hydrogens is 340 g/mol. The maximum atomic E-state index is 12.8. The Bertz CT molecular complexity index is 746. The highest BCUT2D eigenvalue weighted by atomic mass is 19.2. The molecular formula is C17H18F4N2O2. The largest absolute Gasteiger partial charge is 0.444 e. The fraction of sp³-hybridized carbons (Fsp3) is 0.235. The van der Waals surface area contributed by atoms with Crippen LogP contribution in [0.1, 0.15) is 20.8 Å². The fourth-order valence-corrected chi connectivity index (χ4v) is 1.51. The lowest BCUT2D eigenvalue weighted by atomic mass is 10.2. The van der Waals surface area contributed by atoms with Crippen molar-refractivity contribution in [3.05, 3.63) is 59.7 Å². The monoisotopic (exact) mass is 358 g/mol. The average Bonchev–Trinajstić information content (AvgIpc) is 2.46. The van der Waals surface area contributed by atoms with Crippen LogP contribution in [0, 0.1) is 23.3 Å². The van der Waals surface area contributed by atoms with Gasteiger partial charge < -0.3 is 10.5 Å². The van der Waals surface area contributed by atoms with Crippen molar-refractivity contribution in [3.63, 3.8) is 0 Å². The molecule has 2 rings (SSSR count). The molecule has 8 heteroatoms. The number of hydrogen-bond donors (Lipinski definition) is 2. The van der Waals surface area contributed by atoms with Crippen LogP contribution in [0.3, 0.4) is 0 Å². The molecule has 0 aliphatic rings. The summed E-state index contributed by atoms with van der Waals surface area (Å²) in [5.74, 6) is -3.76. The number of nitrogen functional groups attached to an aromatic ring is 1. The lowest BCUT2D eigenvalue weighted by molar-refractivity contribution is 0.0636. The van der Waals surface area contributed by atoms with Crippen LogP contribution in [0.4, 0.5) is 33.7 Å². The van der Waals surface area contributed by atoms with Gasteiger partial charge in [-0.2, -0.15) is 0 Å². The van der Waals surface area contributed by atoms with Gasteiger partial charge in [0, 0.05) is 17.4 Å². The van der Waals surface area contributed by atoms with E-state index in [9.17, 15) is 22.4 Å². The Kier molecular flexibility index (Phi) is 6.78. The summed E-state index contributed by atoms with van der Waals surface area (Å²) in [6.45, 7) is 5.12. The van der Waals surface area contributed by atoms with E-state index in [-0.39, 0.29) is 11.4 Å². The van der Waals surface area contributed by atoms with Crippen LogP contribution >= 0.6 is 0 Å². The predicted molar refractivity (Wildman–Crippen MR) is 87.0 cm³/mol. The van der Waals surface area contributed by atoms with Crippen LogP contribution in [0.15, 0.2) is 36.4 Å². The second-order valence-corrected chi connectivity index (χ2v) is 5.93. The first kappa shape index (κ1) is 20.3. The fourth-order valence-electron chi connectivity index (χ4n) is 1.51. The number of rotatable bonds is 1. The van der Waals surface area contributed by atoms with E-state index in [2.05, 4.69) is 5.32 Å². The summed E-state index contributed by atoms with van der Waals surface area (Å²) in [5, 5.41) is 2.30. The van der Waals surface area contributed by atoms with Gasteiger partial charge >= 0.3 is 6.09 Å². The summed E-state index contributed by atoms with van der Waals surface area (Å²) in [5.41, 5.74) is 4.86. The molecule has 0 saturated carbocycles. The first-order chi connectivity index (χ1) is 11.5. The molecule has 0 saturated heterocycles. The van der Waals surface area contributed by atoms with Gasteiger partial charge in [-0.3, -0.25) is 5.32 Å². The number of halogens is 4. The van der Waals surface area contributed by atoms with Crippen LogP contribution in [-0.4, -0.2) is 11.7 Å². The summed E-state index contributed by atoms with van der Waals surface area (Å²) in [6, 6.07) is 6.31. The normalized spacial score (nSPS) is 10.5. The Labute approximate surface area is 142 Å². The van der Waals surface area contributed by atoms with Crippen LogP contribution in [0.25, 0.3) is 0 Å². The number of carbonyl (C=O) groups excluding carboxylic acids is 1. The third kappa shape index (κ3) is 7.56. The van der Waals surface area contributed by atoms with Crippen molar-refractivity contribution in [2.45, 2.75) is 26.4 Å². The minimum absolute atomic E-state index is 0.146. The van der Waals surface area contributed by atoms with Crippen molar-refractivity contribution < 1.29 is 27.1 Å². The number of benzene rings is 2. The maximum absolute atomic E-state index is 12.8. The summed E-state index contributed by atoms with van der Waals surface area (Å²) < 4.78 is 54.5. The molecule has 0 aromatic heterocycles. The summed E-state index contributed by atoms with van der Waals surface area (Å²) in [4.78, 5) is 11.3. The van der Waals surface area contributed by atoms with Gasteiger partial charge in [-0.15, -0.1) is 0 Å². The highest BCUT2D eigenvalue weighted by Gasteiger charge is 2.16. The first-order valence-corrected chi connectivity index (χ1v) is 7.13. The minimum Gasteiger partial charge on any atom is -0.444 e. The van der Waals surface area contributed by atoms with Crippen molar-refractivity contribution >= 4 is 17.5 Å². The van der Waals surface area contributed by atoms with E-state index in [1.165, 1.54) is 12.1 Å². The van der Waals surface area contributed by atoms with Crippen LogP contribution in [0.5, 0.6) is 0 Å². The Morgan fingerprint density at radius 2 is 1.44 bits per heavy atom. The van der Waals surface area contributed by atoms with Gasteiger partial charge in [0.15, 0.2) is 23.3 Å². The Balaban J connectivity index is 0.000000293. The smallest absolute Gasteiger partial charge is 0.412 e. The quantitative estimate of drug-likeness (QED) is 0.565. The molecule has 0 aliphatic carbocycles. The van der Waals surface area contributed by atoms with E-state index in [1.807, 2.05) is 0 Å². The Hall–Kier alpha value is -2.77. The van der Waals surface area contributed by atoms with Gasteiger partial charge in [-0.25, -0.2) is 22.4 Å². The van der Waals surface area contributed by atoms with Crippen LogP contribution < -0.4 is 11.1 Å². The molecule has 0 atom stereocenters. The van der Waals surface area contributed by atoms with E-state index in [0.717, 1.165) is 24.3 Å². The number of nitrogens with one attached hydrogen (secondary N) is 1. The lowest BCUT2D eigenvalue weighted by Crippen LogP contribution is -2.27. The second kappa shape index (κ2) is 8.36. The molecule has 0 bridgehead atoms. The van der Waals surface area contributed by atoms with Crippen LogP contribution in [-0.2, 0) is 4.74 Å². The Morgan fingerprint density at radius 3 is 1.88 bits per heavy atom. The molecule has 0 heterocycles. The predicted octanol–water partition coefficient (Wildman–Crippen LogP) is 4.86. The van der Waals surface area contributed by atoms with Crippen molar-refractivity contribution in [1.82, 2.24) is 0 Å². The summed E-state index contributed by atoms with van der Waals surface area (Å²) in [7, 11) is 0. The molecule has 2 aromatic carbocycles. The van der Waals surface area contributed by atoms with Gasteiger partial charge in [0.1, 0.15) is 5.60 Å². The van der Waals surface area contributed by atoms with Gasteiger partial charge in [-0.05, 0) is 51.1 Å². The number of nitrogens with two attached hydrogens (primary N) is 1. The third-order valence-corrected chi connectivity index (χ3v) is 2.51. The summed E-state index contributed by atoms with van der Waals surface area (Å²) >= 11 is 0. The van der Waals surface area contributed by atoms with Crippen molar-refractivity contribution in [2.24, 2.45) is 0 Å². The molecule has 0 fully saturated rings. The standard InChI is InChI=1S/C11H13F2NO2.C6H5F2N/c1-11(2,3)16-10(15)14-7-4-5-8(12)9(13)6-7;7-5-2-1-4(9)3-6(5)8/h4-6H,1-3H3,(H,14,15);1-3H,9H2. The number of anilines is 2. The molecule has 4 nitrogen and oxygen atoms in total. The van der Waals surface area contributed by atoms with E-state index in [0.29, 0.717) is 0 Å². The molecule has 0 spiro atoms. The molecule has 0 unspecified atom stereocenters. The van der Waals surface area contributed by atoms with Crippen molar-refractivity contribution in [1.29, 1.82) is 0 Å². The van der Waals surface area contributed by atoms with Gasteiger partial charge in [-0.1, -0.05) is 0 Å². The minimum atomic E-state index is -1.02. The molecule has 2 aromatic rings. The zero-order valence-corrected chi connectivity index (χ0v) is 13.9. The van der Waals surface area contributed by atoms with Crippen molar-refractivity contribution in [3.8, 4) is 0 Å². The second-order valence-electron chi connectivity index (χ2n) is 5.93. The Morgan fingerprint density at radius 1 is 0.920 bits per heavy atom. The van der Waals surface area contributed by atoms with Crippen LogP contribution in [0.2, 0.25) is 0 Å². The topological polar surface area (TPSA) is 64.3 Å². The lowest BCUT2D eigenvalue weighted by Gasteiger charge is -2.19. The average molecular weight is 358 g/mol. The van der Waals surface area contributed by atoms with Gasteiger partial charge in [0.2, 0.25) is 0 Å². The SMILES string of the molecule is CC(C)(C)OC(=O)Nc1ccc(F)c(F)c1.Nc1ccc(F)c(F)c1. The van der Waals surface area contributed by atoms with E-state index in [1.54, 1.807) is 20.8 Å². The molecule has 1 amide bonds. The molecule has 136 valence electrons. The number of amides is 1. The molecule has 25 heavy (non-hydrogen) atoms. The zero-order chi connectivity index (χ0) is 19.2. The molecule has 0 radical (unpaired) electrons. The van der Waals surface area contributed by atoms with Gasteiger partial charge in [0.25, 0.3) is 0 Å². The number of carbonyl (C=O) groups is 1. The number of ether oxygens (including phenoxy) is 1. The first-order valence-electron chi connectivity index (χ1n) is 7.13. The highest BCUT2D eigenvalue weighted by Crippen LogP contribution is 2.15. The highest BCUT2D eigenvalue weighted by molar-refractivity contribution is 5.84.